The van der Waals surface area contributed by atoms with E-state index in [0.717, 1.165) is 20.5 Å². The Hall–Kier alpha value is -3.08. The average molecular weight is 563 g/mol. The number of hydrogen-bond acceptors (Lipinski definition) is 5. The van der Waals surface area contributed by atoms with Gasteiger partial charge >= 0.3 is 6.03 Å². The summed E-state index contributed by atoms with van der Waals surface area (Å²) in [5.41, 5.74) is 2.32. The van der Waals surface area contributed by atoms with E-state index in [9.17, 15) is 14.4 Å². The van der Waals surface area contributed by atoms with Crippen LogP contribution in [0.25, 0.3) is 6.08 Å². The smallest absolute Gasteiger partial charge is 0.329 e. The highest BCUT2D eigenvalue weighted by atomic mass is 127. The molecule has 0 saturated carbocycles. The lowest BCUT2D eigenvalue weighted by molar-refractivity contribution is -0.127. The zero-order valence-corrected chi connectivity index (χ0v) is 21.1. The number of nitrogens with one attached hydrogen (secondary N) is 2. The first-order valence-corrected chi connectivity index (χ1v) is 11.5. The van der Waals surface area contributed by atoms with Gasteiger partial charge in [0.25, 0.3) is 5.91 Å². The molecular formula is C24H26IN3O5. The van der Waals surface area contributed by atoms with Crippen molar-refractivity contribution in [2.45, 2.75) is 33.3 Å². The molecule has 2 N–H and O–H groups in total. The largest absolute Gasteiger partial charge is 0.493 e. The Morgan fingerprint density at radius 2 is 2.03 bits per heavy atom. The normalized spacial score (nSPS) is 15.4. The summed E-state index contributed by atoms with van der Waals surface area (Å²) in [4.78, 5) is 38.4. The number of hydrogen-bond donors (Lipinski definition) is 2. The molecule has 33 heavy (non-hydrogen) atoms. The maximum atomic E-state index is 12.8. The Kier molecular flexibility index (Phi) is 7.96. The first-order chi connectivity index (χ1) is 15.7. The number of anilines is 1. The van der Waals surface area contributed by atoms with Gasteiger partial charge in [-0.3, -0.25) is 9.59 Å². The first-order valence-electron chi connectivity index (χ1n) is 10.5. The highest BCUT2D eigenvalue weighted by Crippen LogP contribution is 2.35. The summed E-state index contributed by atoms with van der Waals surface area (Å²) in [5.74, 6) is 0.118. The van der Waals surface area contributed by atoms with Crippen molar-refractivity contribution < 1.29 is 23.9 Å². The molecule has 8 nitrogen and oxygen atoms in total. The summed E-state index contributed by atoms with van der Waals surface area (Å²) in [6.07, 6.45) is 2.42. The van der Waals surface area contributed by atoms with Crippen LogP contribution in [0.1, 0.15) is 31.4 Å². The topological polar surface area (TPSA) is 97.0 Å². The van der Waals surface area contributed by atoms with Gasteiger partial charge in [-0.05, 0) is 84.3 Å². The van der Waals surface area contributed by atoms with E-state index in [1.165, 1.54) is 0 Å². The number of ether oxygens (including phenoxy) is 2. The van der Waals surface area contributed by atoms with Gasteiger partial charge in [0.15, 0.2) is 11.5 Å². The van der Waals surface area contributed by atoms with Crippen molar-refractivity contribution in [2.24, 2.45) is 0 Å². The molecular weight excluding hydrogens is 537 g/mol. The van der Waals surface area contributed by atoms with Gasteiger partial charge in [0.2, 0.25) is 5.91 Å². The lowest BCUT2D eigenvalue weighted by atomic mass is 10.1. The van der Waals surface area contributed by atoms with E-state index in [2.05, 4.69) is 33.2 Å². The number of carbonyl (C=O) groups is 3. The molecule has 4 amide bonds. The monoisotopic (exact) mass is 563 g/mol. The third-order valence-corrected chi connectivity index (χ3v) is 5.82. The molecule has 1 fully saturated rings. The number of nitrogens with zero attached hydrogens (tertiary/aromatic N) is 1. The number of imide groups is 1. The van der Waals surface area contributed by atoms with E-state index < -0.39 is 24.4 Å². The Morgan fingerprint density at radius 3 is 2.70 bits per heavy atom. The van der Waals surface area contributed by atoms with Crippen LogP contribution in [0.15, 0.2) is 42.1 Å². The third-order valence-electron chi connectivity index (χ3n) is 5.02. The average Bonchev–Trinajstić information content (AvgIpc) is 3.02. The zero-order chi connectivity index (χ0) is 24.1. The Bertz CT molecular complexity index is 1120. The van der Waals surface area contributed by atoms with Crippen molar-refractivity contribution in [2.75, 3.05) is 19.0 Å². The molecule has 1 heterocycles. The maximum absolute atomic E-state index is 12.8. The van der Waals surface area contributed by atoms with Crippen molar-refractivity contribution in [3.63, 3.8) is 0 Å². The molecule has 1 aliphatic heterocycles. The van der Waals surface area contributed by atoms with Gasteiger partial charge in [-0.1, -0.05) is 19.1 Å². The van der Waals surface area contributed by atoms with Crippen LogP contribution in [0.2, 0.25) is 0 Å². The number of amides is 4. The summed E-state index contributed by atoms with van der Waals surface area (Å²) in [5, 5.41) is 5.24. The fraction of sp³-hybridized carbons (Fsp3) is 0.292. The number of rotatable bonds is 8. The Morgan fingerprint density at radius 1 is 1.27 bits per heavy atom. The number of halogens is 1. The van der Waals surface area contributed by atoms with Crippen LogP contribution in [0.5, 0.6) is 11.5 Å². The second kappa shape index (κ2) is 10.7. The van der Waals surface area contributed by atoms with Crippen LogP contribution >= 0.6 is 22.6 Å². The minimum absolute atomic E-state index is 0.0202. The van der Waals surface area contributed by atoms with Crippen LogP contribution in [0.4, 0.5) is 10.5 Å². The lowest BCUT2D eigenvalue weighted by Gasteiger charge is -2.17. The zero-order valence-electron chi connectivity index (χ0n) is 18.9. The number of methoxy groups -OCH3 is 1. The van der Waals surface area contributed by atoms with Crippen LogP contribution in [-0.4, -0.2) is 42.5 Å². The van der Waals surface area contributed by atoms with Crippen molar-refractivity contribution in [1.82, 2.24) is 10.2 Å². The fourth-order valence-electron chi connectivity index (χ4n) is 3.17. The highest BCUT2D eigenvalue weighted by Gasteiger charge is 2.35. The number of urea groups is 1. The molecule has 0 radical (unpaired) electrons. The van der Waals surface area contributed by atoms with E-state index in [4.69, 9.17) is 9.47 Å². The molecule has 0 spiro atoms. The summed E-state index contributed by atoms with van der Waals surface area (Å²) in [7, 11) is 1.54. The summed E-state index contributed by atoms with van der Waals surface area (Å²) >= 11 is 2.14. The molecule has 2 aromatic carbocycles. The van der Waals surface area contributed by atoms with E-state index in [0.29, 0.717) is 22.7 Å². The standard InChI is InChI=1S/C24H26IN3O5/c1-5-15(3)33-22-18(25)10-16(12-20(22)32-4)11-19-23(30)28(24(31)27-19)13-21(29)26-17-8-6-7-14(2)9-17/h6-12,15H,5,13H2,1-4H3,(H,26,29)(H,27,31)/b19-11+/t15-/m0/s1. The molecule has 9 heteroatoms. The molecule has 2 aromatic rings. The SMILES string of the molecule is CC[C@H](C)Oc1c(I)cc(/C=C2/NC(=O)N(CC(=O)Nc3cccc(C)c3)C2=O)cc1OC. The minimum atomic E-state index is -0.649. The van der Waals surface area contributed by atoms with Gasteiger partial charge in [0, 0.05) is 5.69 Å². The van der Waals surface area contributed by atoms with Gasteiger partial charge in [-0.2, -0.15) is 0 Å². The Labute approximate surface area is 206 Å². The van der Waals surface area contributed by atoms with Gasteiger partial charge in [0.1, 0.15) is 12.2 Å². The van der Waals surface area contributed by atoms with Crippen LogP contribution in [-0.2, 0) is 9.59 Å². The van der Waals surface area contributed by atoms with Gasteiger partial charge in [-0.15, -0.1) is 0 Å². The van der Waals surface area contributed by atoms with Gasteiger partial charge < -0.3 is 20.1 Å². The molecule has 0 unspecified atom stereocenters. The maximum Gasteiger partial charge on any atom is 0.329 e. The summed E-state index contributed by atoms with van der Waals surface area (Å²) in [6, 6.07) is 10.2. The van der Waals surface area contributed by atoms with Crippen LogP contribution < -0.4 is 20.1 Å². The minimum Gasteiger partial charge on any atom is -0.493 e. The number of carbonyl (C=O) groups excluding carboxylic acids is 3. The number of aryl methyl sites for hydroxylation is 1. The molecule has 0 bridgehead atoms. The fourth-order valence-corrected chi connectivity index (χ4v) is 3.92. The van der Waals surface area contributed by atoms with Gasteiger partial charge in [-0.25, -0.2) is 9.69 Å². The van der Waals surface area contributed by atoms with Crippen molar-refractivity contribution in [1.29, 1.82) is 0 Å². The molecule has 1 atom stereocenters. The molecule has 1 aliphatic rings. The molecule has 0 aliphatic carbocycles. The van der Waals surface area contributed by atoms with Crippen molar-refractivity contribution in [3.05, 3.63) is 56.8 Å². The summed E-state index contributed by atoms with van der Waals surface area (Å²) in [6.45, 7) is 5.52. The molecule has 0 aromatic heterocycles. The molecule has 174 valence electrons. The van der Waals surface area contributed by atoms with Crippen LogP contribution in [0.3, 0.4) is 0 Å². The van der Waals surface area contributed by atoms with Crippen molar-refractivity contribution >= 4 is 52.2 Å². The van der Waals surface area contributed by atoms with Gasteiger partial charge in [0.05, 0.1) is 16.8 Å². The molecule has 1 saturated heterocycles. The molecule has 3 rings (SSSR count). The highest BCUT2D eigenvalue weighted by molar-refractivity contribution is 14.1. The lowest BCUT2D eigenvalue weighted by Crippen LogP contribution is -2.38. The second-order valence-corrected chi connectivity index (χ2v) is 8.83. The van der Waals surface area contributed by atoms with E-state index in [1.807, 2.05) is 39.0 Å². The predicted molar refractivity (Wildman–Crippen MR) is 134 cm³/mol. The van der Waals surface area contributed by atoms with Crippen molar-refractivity contribution in [3.8, 4) is 11.5 Å². The second-order valence-electron chi connectivity index (χ2n) is 7.67. The third kappa shape index (κ3) is 6.04. The quantitative estimate of drug-likeness (QED) is 0.284. The van der Waals surface area contributed by atoms with E-state index >= 15 is 0 Å². The van der Waals surface area contributed by atoms with Crippen LogP contribution in [0, 0.1) is 10.5 Å². The Balaban J connectivity index is 1.76. The summed E-state index contributed by atoms with van der Waals surface area (Å²) < 4.78 is 12.2. The van der Waals surface area contributed by atoms with E-state index in [1.54, 1.807) is 31.4 Å². The number of benzene rings is 2. The van der Waals surface area contributed by atoms with E-state index in [-0.39, 0.29) is 11.8 Å². The first kappa shape index (κ1) is 24.6. The predicted octanol–water partition coefficient (Wildman–Crippen LogP) is 4.32.